The van der Waals surface area contributed by atoms with Gasteiger partial charge < -0.3 is 10.1 Å². The summed E-state index contributed by atoms with van der Waals surface area (Å²) >= 11 is 0. The first-order valence-electron chi connectivity index (χ1n) is 10.8. The van der Waals surface area contributed by atoms with Gasteiger partial charge in [0.2, 0.25) is 10.0 Å². The van der Waals surface area contributed by atoms with Gasteiger partial charge in [-0.3, -0.25) is 9.59 Å². The van der Waals surface area contributed by atoms with Gasteiger partial charge in [0.15, 0.2) is 6.10 Å². The molecule has 1 saturated carbocycles. The fraction of sp³-hybridized carbons (Fsp3) is 0.636. The van der Waals surface area contributed by atoms with Crippen molar-refractivity contribution in [2.24, 2.45) is 5.92 Å². The number of carbonyl (C=O) groups is 2. The Balaban J connectivity index is 1.52. The molecule has 0 unspecified atom stereocenters. The number of piperidine rings is 1. The summed E-state index contributed by atoms with van der Waals surface area (Å²) in [6.07, 6.45) is 4.11. The highest BCUT2D eigenvalue weighted by atomic mass is 32.2. The molecule has 2 aliphatic rings. The molecule has 0 spiro atoms. The molecular weight excluding hydrogens is 404 g/mol. The van der Waals surface area contributed by atoms with Crippen molar-refractivity contribution in [1.82, 2.24) is 9.62 Å². The van der Waals surface area contributed by atoms with Crippen LogP contribution in [-0.4, -0.2) is 49.8 Å². The van der Waals surface area contributed by atoms with Crippen LogP contribution in [0.2, 0.25) is 0 Å². The largest absolute Gasteiger partial charge is 0.452 e. The number of amides is 1. The summed E-state index contributed by atoms with van der Waals surface area (Å²) in [6.45, 7) is 5.94. The van der Waals surface area contributed by atoms with Crippen LogP contribution in [0.25, 0.3) is 0 Å². The van der Waals surface area contributed by atoms with E-state index in [1.165, 1.54) is 4.31 Å². The number of hydrogen-bond acceptors (Lipinski definition) is 5. The smallest absolute Gasteiger partial charge is 0.309 e. The third-order valence-corrected chi connectivity index (χ3v) is 8.16. The van der Waals surface area contributed by atoms with Crippen molar-refractivity contribution in [3.63, 3.8) is 0 Å². The molecule has 1 N–H and O–H groups in total. The lowest BCUT2D eigenvalue weighted by molar-refractivity contribution is -0.160. The number of esters is 1. The van der Waals surface area contributed by atoms with Crippen molar-refractivity contribution >= 4 is 21.9 Å². The SMILES string of the molecule is Cc1ccc(S(=O)(=O)N2CCC(C(=O)O[C@H](C)C(=O)NC3CCCC3)CC2)cc1C. The molecule has 1 atom stereocenters. The minimum absolute atomic E-state index is 0.178. The van der Waals surface area contributed by atoms with Gasteiger partial charge in [-0.2, -0.15) is 4.31 Å². The van der Waals surface area contributed by atoms with Crippen molar-refractivity contribution in [2.75, 3.05) is 13.1 Å². The summed E-state index contributed by atoms with van der Waals surface area (Å²) in [5.41, 5.74) is 1.97. The Hall–Kier alpha value is -1.93. The maximum Gasteiger partial charge on any atom is 0.309 e. The highest BCUT2D eigenvalue weighted by Crippen LogP contribution is 2.26. The second-order valence-electron chi connectivity index (χ2n) is 8.49. The van der Waals surface area contributed by atoms with Crippen molar-refractivity contribution < 1.29 is 22.7 Å². The van der Waals surface area contributed by atoms with E-state index in [4.69, 9.17) is 4.74 Å². The molecule has 166 valence electrons. The molecular formula is C22H32N2O5S. The first kappa shape index (κ1) is 22.7. The second-order valence-corrected chi connectivity index (χ2v) is 10.4. The highest BCUT2D eigenvalue weighted by molar-refractivity contribution is 7.89. The van der Waals surface area contributed by atoms with Crippen molar-refractivity contribution in [2.45, 2.75) is 76.3 Å². The Morgan fingerprint density at radius 1 is 1.07 bits per heavy atom. The van der Waals surface area contributed by atoms with Gasteiger partial charge in [0.05, 0.1) is 10.8 Å². The maximum absolute atomic E-state index is 12.9. The van der Waals surface area contributed by atoms with Crippen molar-refractivity contribution in [3.8, 4) is 0 Å². The Morgan fingerprint density at radius 2 is 1.70 bits per heavy atom. The Kier molecular flexibility index (Phi) is 7.18. The molecule has 0 bridgehead atoms. The van der Waals surface area contributed by atoms with Gasteiger partial charge in [-0.05, 0) is 69.7 Å². The highest BCUT2D eigenvalue weighted by Gasteiger charge is 2.34. The van der Waals surface area contributed by atoms with Crippen LogP contribution < -0.4 is 5.32 Å². The molecule has 8 heteroatoms. The van der Waals surface area contributed by atoms with Crippen LogP contribution >= 0.6 is 0 Å². The first-order chi connectivity index (χ1) is 14.2. The number of nitrogens with one attached hydrogen (secondary N) is 1. The number of hydrogen-bond donors (Lipinski definition) is 1. The number of benzene rings is 1. The summed E-state index contributed by atoms with van der Waals surface area (Å²) in [5.74, 6) is -1.07. The van der Waals surface area contributed by atoms with E-state index in [0.717, 1.165) is 36.8 Å². The van der Waals surface area contributed by atoms with Crippen molar-refractivity contribution in [3.05, 3.63) is 29.3 Å². The molecule has 2 fully saturated rings. The van der Waals surface area contributed by atoms with Crippen LogP contribution in [0.3, 0.4) is 0 Å². The summed E-state index contributed by atoms with van der Waals surface area (Å²) in [7, 11) is -3.58. The first-order valence-corrected chi connectivity index (χ1v) is 12.2. The molecule has 0 aromatic heterocycles. The normalized spacial score (nSPS) is 20.1. The number of rotatable bonds is 6. The molecule has 30 heavy (non-hydrogen) atoms. The van der Waals surface area contributed by atoms with E-state index in [2.05, 4.69) is 5.32 Å². The van der Waals surface area contributed by atoms with E-state index in [-0.39, 0.29) is 29.9 Å². The van der Waals surface area contributed by atoms with Crippen LogP contribution in [0, 0.1) is 19.8 Å². The maximum atomic E-state index is 12.9. The van der Waals surface area contributed by atoms with Crippen LogP contribution in [0.1, 0.15) is 56.6 Å². The summed E-state index contributed by atoms with van der Waals surface area (Å²) in [5, 5.41) is 2.94. The van der Waals surface area contributed by atoms with Crippen LogP contribution in [0.4, 0.5) is 0 Å². The quantitative estimate of drug-likeness (QED) is 0.692. The van der Waals surface area contributed by atoms with Gasteiger partial charge in [-0.1, -0.05) is 18.9 Å². The number of ether oxygens (including phenoxy) is 1. The molecule has 1 aromatic carbocycles. The van der Waals surface area contributed by atoms with Crippen LogP contribution in [0.5, 0.6) is 0 Å². The lowest BCUT2D eigenvalue weighted by Gasteiger charge is -2.30. The van der Waals surface area contributed by atoms with Gasteiger partial charge in [-0.15, -0.1) is 0 Å². The molecule has 1 aromatic rings. The molecule has 3 rings (SSSR count). The van der Waals surface area contributed by atoms with Crippen molar-refractivity contribution in [1.29, 1.82) is 0 Å². The standard InChI is InChI=1S/C22H32N2O5S/c1-15-8-9-20(14-16(15)2)30(27,28)24-12-10-18(11-13-24)22(26)29-17(3)21(25)23-19-6-4-5-7-19/h8-9,14,17-19H,4-7,10-13H2,1-3H3,(H,23,25)/t17-/m1/s1. The number of aryl methyl sites for hydroxylation is 2. The molecule has 1 aliphatic heterocycles. The molecule has 7 nitrogen and oxygen atoms in total. The Morgan fingerprint density at radius 3 is 2.30 bits per heavy atom. The van der Waals surface area contributed by atoms with Gasteiger partial charge in [-0.25, -0.2) is 8.42 Å². The van der Waals surface area contributed by atoms with E-state index < -0.39 is 28.0 Å². The third kappa shape index (κ3) is 5.21. The topological polar surface area (TPSA) is 92.8 Å². The zero-order valence-electron chi connectivity index (χ0n) is 18.0. The lowest BCUT2D eigenvalue weighted by Crippen LogP contribution is -2.44. The lowest BCUT2D eigenvalue weighted by atomic mass is 9.98. The predicted molar refractivity (Wildman–Crippen MR) is 113 cm³/mol. The summed E-state index contributed by atoms with van der Waals surface area (Å²) in [4.78, 5) is 25.0. The Bertz CT molecular complexity index is 885. The zero-order chi connectivity index (χ0) is 21.9. The second kappa shape index (κ2) is 9.47. The fourth-order valence-electron chi connectivity index (χ4n) is 4.07. The number of nitrogens with zero attached hydrogens (tertiary/aromatic N) is 1. The van der Waals surface area contributed by atoms with Gasteiger partial charge >= 0.3 is 5.97 Å². The average molecular weight is 437 g/mol. The fourth-order valence-corrected chi connectivity index (χ4v) is 5.62. The molecule has 1 saturated heterocycles. The monoisotopic (exact) mass is 436 g/mol. The van der Waals surface area contributed by atoms with Gasteiger partial charge in [0.1, 0.15) is 0 Å². The zero-order valence-corrected chi connectivity index (χ0v) is 18.8. The predicted octanol–water partition coefficient (Wildman–Crippen LogP) is 2.69. The van der Waals surface area contributed by atoms with Gasteiger partial charge in [0.25, 0.3) is 5.91 Å². The third-order valence-electron chi connectivity index (χ3n) is 6.27. The van der Waals surface area contributed by atoms with E-state index in [9.17, 15) is 18.0 Å². The molecule has 1 aliphatic carbocycles. The van der Waals surface area contributed by atoms with E-state index in [1.54, 1.807) is 19.1 Å². The summed E-state index contributed by atoms with van der Waals surface area (Å²) < 4.78 is 32.6. The number of carbonyl (C=O) groups excluding carboxylic acids is 2. The molecule has 0 radical (unpaired) electrons. The van der Waals surface area contributed by atoms with Crippen LogP contribution in [-0.2, 0) is 24.3 Å². The number of sulfonamides is 1. The van der Waals surface area contributed by atoms with Crippen LogP contribution in [0.15, 0.2) is 23.1 Å². The van der Waals surface area contributed by atoms with Gasteiger partial charge in [0, 0.05) is 19.1 Å². The minimum Gasteiger partial charge on any atom is -0.452 e. The summed E-state index contributed by atoms with van der Waals surface area (Å²) in [6, 6.07) is 5.31. The van der Waals surface area contributed by atoms with E-state index in [1.807, 2.05) is 19.9 Å². The molecule has 1 heterocycles. The minimum atomic E-state index is -3.58. The van der Waals surface area contributed by atoms with E-state index in [0.29, 0.717) is 12.8 Å². The average Bonchev–Trinajstić information content (AvgIpc) is 3.23. The molecule has 1 amide bonds. The van der Waals surface area contributed by atoms with E-state index >= 15 is 0 Å². The Labute approximate surface area is 179 Å².